The van der Waals surface area contributed by atoms with Gasteiger partial charge in [0.15, 0.2) is 11.3 Å². The van der Waals surface area contributed by atoms with Gasteiger partial charge in [0, 0.05) is 12.5 Å². The highest BCUT2D eigenvalue weighted by atomic mass is 16.5. The smallest absolute Gasteiger partial charge is 0.277 e. The second-order valence-electron chi connectivity index (χ2n) is 9.29. The van der Waals surface area contributed by atoms with Crippen LogP contribution in [0.1, 0.15) is 95.6 Å². The van der Waals surface area contributed by atoms with Crippen molar-refractivity contribution in [1.82, 2.24) is 19.6 Å². The van der Waals surface area contributed by atoms with Crippen LogP contribution in [0.25, 0.3) is 5.52 Å². The predicted molar refractivity (Wildman–Crippen MR) is 105 cm³/mol. The van der Waals surface area contributed by atoms with E-state index in [0.29, 0.717) is 22.7 Å². The fraction of sp³-hybridized carbons (Fsp3) is 0.762. The van der Waals surface area contributed by atoms with Crippen LogP contribution in [0, 0.1) is 11.3 Å². The molecule has 3 heterocycles. The number of imidazole rings is 1. The first-order valence-corrected chi connectivity index (χ1v) is 10.5. The van der Waals surface area contributed by atoms with E-state index < -0.39 is 0 Å². The van der Waals surface area contributed by atoms with Gasteiger partial charge in [0.05, 0.1) is 5.69 Å². The zero-order valence-electron chi connectivity index (χ0n) is 17.0. The van der Waals surface area contributed by atoms with Crippen molar-refractivity contribution in [3.8, 4) is 0 Å². The Morgan fingerprint density at radius 2 is 1.93 bits per heavy atom. The third kappa shape index (κ3) is 3.44. The Bertz CT molecular complexity index is 863. The van der Waals surface area contributed by atoms with Crippen molar-refractivity contribution in [3.63, 3.8) is 0 Å². The van der Waals surface area contributed by atoms with E-state index in [1.54, 1.807) is 0 Å². The summed E-state index contributed by atoms with van der Waals surface area (Å²) in [5, 5.41) is 4.80. The number of fused-ring (bicyclic) bond motifs is 1. The summed E-state index contributed by atoms with van der Waals surface area (Å²) in [6.07, 6.45) is 7.24. The predicted octanol–water partition coefficient (Wildman–Crippen LogP) is 4.15. The molecule has 1 unspecified atom stereocenters. The number of nitrogens with one attached hydrogen (secondary N) is 1. The SMILES string of the molecule is CCc1nc(C2CCC(C(C)(C)C)CC2)n2nc(C3CCCO3)[nH]c(=O)c12. The van der Waals surface area contributed by atoms with Gasteiger partial charge in [0.1, 0.15) is 11.9 Å². The summed E-state index contributed by atoms with van der Waals surface area (Å²) in [6.45, 7) is 9.81. The molecule has 6 heteroatoms. The lowest BCUT2D eigenvalue weighted by Crippen LogP contribution is -2.26. The number of rotatable bonds is 3. The van der Waals surface area contributed by atoms with Crippen LogP contribution in [-0.2, 0) is 11.2 Å². The molecule has 1 saturated carbocycles. The van der Waals surface area contributed by atoms with Crippen molar-refractivity contribution in [2.45, 2.75) is 84.7 Å². The molecule has 2 aromatic rings. The number of nitrogens with zero attached hydrogens (tertiary/aromatic N) is 3. The Morgan fingerprint density at radius 1 is 1.19 bits per heavy atom. The van der Waals surface area contributed by atoms with Gasteiger partial charge in [-0.2, -0.15) is 0 Å². The van der Waals surface area contributed by atoms with E-state index in [1.165, 1.54) is 12.8 Å². The number of aryl methyl sites for hydroxylation is 1. The monoisotopic (exact) mass is 372 g/mol. The van der Waals surface area contributed by atoms with Gasteiger partial charge in [-0.05, 0) is 56.3 Å². The molecule has 1 N–H and O–H groups in total. The molecule has 0 aromatic carbocycles. The van der Waals surface area contributed by atoms with Gasteiger partial charge in [-0.25, -0.2) is 9.50 Å². The van der Waals surface area contributed by atoms with Gasteiger partial charge in [-0.3, -0.25) is 4.79 Å². The Morgan fingerprint density at radius 3 is 2.52 bits per heavy atom. The van der Waals surface area contributed by atoms with Gasteiger partial charge in [0.25, 0.3) is 5.56 Å². The third-order valence-corrected chi connectivity index (χ3v) is 6.50. The third-order valence-electron chi connectivity index (χ3n) is 6.50. The van der Waals surface area contributed by atoms with E-state index >= 15 is 0 Å². The zero-order chi connectivity index (χ0) is 19.2. The number of aromatic amines is 1. The van der Waals surface area contributed by atoms with Crippen molar-refractivity contribution in [2.75, 3.05) is 6.61 Å². The first-order chi connectivity index (χ1) is 12.9. The average molecular weight is 373 g/mol. The molecule has 1 atom stereocenters. The molecule has 2 aromatic heterocycles. The molecule has 148 valence electrons. The second kappa shape index (κ2) is 7.04. The zero-order valence-corrected chi connectivity index (χ0v) is 17.0. The van der Waals surface area contributed by atoms with Crippen LogP contribution in [0.3, 0.4) is 0 Å². The standard InChI is InChI=1S/C21H32N4O2/c1-5-15-17-20(26)23-18(16-7-6-12-27-16)24-25(17)19(22-15)13-8-10-14(11-9-13)21(2,3)4/h13-14,16H,5-12H2,1-4H3,(H,23,24,26). The summed E-state index contributed by atoms with van der Waals surface area (Å²) in [5.41, 5.74) is 1.74. The van der Waals surface area contributed by atoms with Crippen molar-refractivity contribution >= 4 is 5.52 Å². The molecule has 0 amide bonds. The number of hydrogen-bond donors (Lipinski definition) is 1. The topological polar surface area (TPSA) is 72.3 Å². The molecule has 6 nitrogen and oxygen atoms in total. The first-order valence-electron chi connectivity index (χ1n) is 10.5. The van der Waals surface area contributed by atoms with Crippen LogP contribution in [0.2, 0.25) is 0 Å². The van der Waals surface area contributed by atoms with Crippen LogP contribution in [0.5, 0.6) is 0 Å². The van der Waals surface area contributed by atoms with Gasteiger partial charge in [-0.15, -0.1) is 5.10 Å². The summed E-state index contributed by atoms with van der Waals surface area (Å²) >= 11 is 0. The maximum absolute atomic E-state index is 12.8. The largest absolute Gasteiger partial charge is 0.370 e. The molecule has 4 rings (SSSR count). The van der Waals surface area contributed by atoms with E-state index in [2.05, 4.69) is 32.7 Å². The molecule has 1 aliphatic heterocycles. The number of aromatic nitrogens is 4. The van der Waals surface area contributed by atoms with Crippen LogP contribution >= 0.6 is 0 Å². The van der Waals surface area contributed by atoms with E-state index in [9.17, 15) is 4.79 Å². The summed E-state index contributed by atoms with van der Waals surface area (Å²) < 4.78 is 7.59. The van der Waals surface area contributed by atoms with Gasteiger partial charge >= 0.3 is 0 Å². The van der Waals surface area contributed by atoms with Gasteiger partial charge in [-0.1, -0.05) is 27.7 Å². The first kappa shape index (κ1) is 18.7. The van der Waals surface area contributed by atoms with Crippen LogP contribution in [-0.4, -0.2) is 26.2 Å². The quantitative estimate of drug-likeness (QED) is 0.878. The van der Waals surface area contributed by atoms with Gasteiger partial charge < -0.3 is 9.72 Å². The minimum absolute atomic E-state index is 0.0884. The summed E-state index contributed by atoms with van der Waals surface area (Å²) in [6, 6.07) is 0. The molecule has 1 aliphatic carbocycles. The van der Waals surface area contributed by atoms with Crippen molar-refractivity contribution in [2.24, 2.45) is 11.3 Å². The van der Waals surface area contributed by atoms with Gasteiger partial charge in [0.2, 0.25) is 0 Å². The Labute approximate surface area is 160 Å². The fourth-order valence-electron chi connectivity index (χ4n) is 4.78. The lowest BCUT2D eigenvalue weighted by molar-refractivity contribution is 0.103. The highest BCUT2D eigenvalue weighted by Gasteiger charge is 2.33. The summed E-state index contributed by atoms with van der Waals surface area (Å²) in [4.78, 5) is 20.6. The Hall–Kier alpha value is -1.69. The molecule has 27 heavy (non-hydrogen) atoms. The van der Waals surface area contributed by atoms with Crippen molar-refractivity contribution in [1.29, 1.82) is 0 Å². The molecule has 0 spiro atoms. The van der Waals surface area contributed by atoms with E-state index in [4.69, 9.17) is 14.8 Å². The lowest BCUT2D eigenvalue weighted by Gasteiger charge is -2.36. The molecular formula is C21H32N4O2. The average Bonchev–Trinajstić information content (AvgIpc) is 3.29. The number of ether oxygens (including phenoxy) is 1. The van der Waals surface area contributed by atoms with E-state index in [-0.39, 0.29) is 11.7 Å². The molecular weight excluding hydrogens is 340 g/mol. The molecule has 0 bridgehead atoms. The van der Waals surface area contributed by atoms with Crippen LogP contribution < -0.4 is 5.56 Å². The fourth-order valence-corrected chi connectivity index (χ4v) is 4.78. The Kier molecular flexibility index (Phi) is 4.87. The second-order valence-corrected chi connectivity index (χ2v) is 9.29. The maximum Gasteiger partial charge on any atom is 0.277 e. The molecule has 0 radical (unpaired) electrons. The molecule has 1 saturated heterocycles. The molecule has 2 fully saturated rings. The highest BCUT2D eigenvalue weighted by molar-refractivity contribution is 5.51. The van der Waals surface area contributed by atoms with Crippen LogP contribution in [0.4, 0.5) is 0 Å². The van der Waals surface area contributed by atoms with Crippen molar-refractivity contribution < 1.29 is 4.74 Å². The summed E-state index contributed by atoms with van der Waals surface area (Å²) in [7, 11) is 0. The minimum Gasteiger partial charge on any atom is -0.370 e. The molecule has 2 aliphatic rings. The number of H-pyrrole nitrogens is 1. The van der Waals surface area contributed by atoms with Crippen LogP contribution in [0.15, 0.2) is 4.79 Å². The van der Waals surface area contributed by atoms with Crippen molar-refractivity contribution in [3.05, 3.63) is 27.7 Å². The number of hydrogen-bond acceptors (Lipinski definition) is 4. The highest BCUT2D eigenvalue weighted by Crippen LogP contribution is 2.43. The van der Waals surface area contributed by atoms with E-state index in [0.717, 1.165) is 56.1 Å². The maximum atomic E-state index is 12.8. The van der Waals surface area contributed by atoms with E-state index in [1.807, 2.05) is 4.52 Å². The normalized spacial score (nSPS) is 26.7. The minimum atomic E-state index is -0.0981. The summed E-state index contributed by atoms with van der Waals surface area (Å²) in [5.74, 6) is 2.75. The Balaban J connectivity index is 1.71. The lowest BCUT2D eigenvalue weighted by atomic mass is 9.70.